The van der Waals surface area contributed by atoms with Gasteiger partial charge in [-0.15, -0.1) is 0 Å². The van der Waals surface area contributed by atoms with Crippen LogP contribution in [0.25, 0.3) is 0 Å². The van der Waals surface area contributed by atoms with Gasteiger partial charge in [0.2, 0.25) is 5.91 Å². The molecule has 0 aliphatic carbocycles. The minimum atomic E-state index is -3.43. The van der Waals surface area contributed by atoms with Crippen LogP contribution in [0.2, 0.25) is 0 Å². The number of nitrogens with two attached hydrogens (primary N) is 1. The predicted octanol–water partition coefficient (Wildman–Crippen LogP) is -0.242. The van der Waals surface area contributed by atoms with Crippen LogP contribution in [0, 0.1) is 5.92 Å². The number of ether oxygens (including phenoxy) is 2. The molecule has 1 aromatic carbocycles. The number of nitrogens with zero attached hydrogens (tertiary/aromatic N) is 1. The molecule has 27 heavy (non-hydrogen) atoms. The Labute approximate surface area is 157 Å². The standard InChI is InChI=1S/C17H23N3O6S/c1-25-12-2-4-13(5-3-12)26-8-7-19-16(22)20-10-17(11-20)14(15(18)21)6-9-27(17,23)24/h2-5,14H,6-11H2,1H3,(H2,18,21)(H,19,22). The van der Waals surface area contributed by atoms with E-state index in [1.54, 1.807) is 31.4 Å². The van der Waals surface area contributed by atoms with Crippen molar-refractivity contribution in [2.45, 2.75) is 11.2 Å². The summed E-state index contributed by atoms with van der Waals surface area (Å²) >= 11 is 0. The van der Waals surface area contributed by atoms with Crippen molar-refractivity contribution in [3.8, 4) is 11.5 Å². The van der Waals surface area contributed by atoms with Gasteiger partial charge in [-0.2, -0.15) is 0 Å². The number of carbonyl (C=O) groups excluding carboxylic acids is 2. The Morgan fingerprint density at radius 3 is 2.48 bits per heavy atom. The molecule has 1 unspecified atom stereocenters. The van der Waals surface area contributed by atoms with E-state index in [2.05, 4.69) is 5.32 Å². The topological polar surface area (TPSA) is 128 Å². The van der Waals surface area contributed by atoms with Gasteiger partial charge in [-0.3, -0.25) is 4.79 Å². The van der Waals surface area contributed by atoms with Gasteiger partial charge in [0, 0.05) is 13.1 Å². The Bertz CT molecular complexity index is 818. The zero-order valence-corrected chi connectivity index (χ0v) is 15.8. The Hall–Kier alpha value is -2.49. The van der Waals surface area contributed by atoms with Gasteiger partial charge in [-0.1, -0.05) is 0 Å². The fourth-order valence-electron chi connectivity index (χ4n) is 3.63. The van der Waals surface area contributed by atoms with E-state index in [0.717, 1.165) is 5.75 Å². The van der Waals surface area contributed by atoms with Crippen LogP contribution in [-0.2, 0) is 14.6 Å². The third-order valence-electron chi connectivity index (χ3n) is 5.18. The summed E-state index contributed by atoms with van der Waals surface area (Å²) in [5.74, 6) is -0.0482. The maximum absolute atomic E-state index is 12.3. The molecule has 2 aliphatic heterocycles. The summed E-state index contributed by atoms with van der Waals surface area (Å²) in [6, 6.07) is 6.67. The molecule has 0 saturated carbocycles. The largest absolute Gasteiger partial charge is 0.497 e. The van der Waals surface area contributed by atoms with Crippen molar-refractivity contribution in [2.24, 2.45) is 11.7 Å². The smallest absolute Gasteiger partial charge is 0.317 e. The van der Waals surface area contributed by atoms with Crippen molar-refractivity contribution in [2.75, 3.05) is 39.1 Å². The van der Waals surface area contributed by atoms with Gasteiger partial charge in [-0.05, 0) is 30.7 Å². The fraction of sp³-hybridized carbons (Fsp3) is 0.529. The molecule has 2 heterocycles. The number of sulfone groups is 1. The number of amides is 3. The lowest BCUT2D eigenvalue weighted by molar-refractivity contribution is -0.124. The number of urea groups is 1. The Morgan fingerprint density at radius 1 is 1.26 bits per heavy atom. The normalized spacial score (nSPS) is 22.1. The number of likely N-dealkylation sites (tertiary alicyclic amines) is 1. The minimum Gasteiger partial charge on any atom is -0.497 e. The summed E-state index contributed by atoms with van der Waals surface area (Å²) in [6.45, 7) is 0.516. The van der Waals surface area contributed by atoms with Crippen LogP contribution < -0.4 is 20.5 Å². The zero-order chi connectivity index (χ0) is 19.7. The molecule has 1 aromatic rings. The predicted molar refractivity (Wildman–Crippen MR) is 97.3 cm³/mol. The molecule has 2 aliphatic rings. The number of carbonyl (C=O) groups is 2. The quantitative estimate of drug-likeness (QED) is 0.638. The third kappa shape index (κ3) is 3.53. The van der Waals surface area contributed by atoms with Crippen LogP contribution in [0.4, 0.5) is 4.79 Å². The maximum Gasteiger partial charge on any atom is 0.317 e. The SMILES string of the molecule is COc1ccc(OCCNC(=O)N2CC3(C2)C(C(N)=O)CCS3(=O)=O)cc1. The maximum atomic E-state index is 12.3. The molecule has 3 N–H and O–H groups in total. The van der Waals surface area contributed by atoms with E-state index in [4.69, 9.17) is 15.2 Å². The van der Waals surface area contributed by atoms with E-state index < -0.39 is 26.4 Å². The van der Waals surface area contributed by atoms with Gasteiger partial charge in [-0.25, -0.2) is 13.2 Å². The van der Waals surface area contributed by atoms with Crippen LogP contribution in [0.1, 0.15) is 6.42 Å². The molecule has 2 fully saturated rings. The van der Waals surface area contributed by atoms with Crippen LogP contribution in [0.5, 0.6) is 11.5 Å². The van der Waals surface area contributed by atoms with E-state index in [1.807, 2.05) is 0 Å². The zero-order valence-electron chi connectivity index (χ0n) is 15.0. The van der Waals surface area contributed by atoms with Crippen molar-refractivity contribution in [1.29, 1.82) is 0 Å². The number of nitrogens with one attached hydrogen (secondary N) is 1. The van der Waals surface area contributed by atoms with Gasteiger partial charge in [0.1, 0.15) is 22.9 Å². The van der Waals surface area contributed by atoms with Gasteiger partial charge >= 0.3 is 6.03 Å². The number of benzene rings is 1. The highest BCUT2D eigenvalue weighted by molar-refractivity contribution is 7.93. The number of rotatable bonds is 6. The average molecular weight is 397 g/mol. The Kier molecular flexibility index (Phi) is 5.18. The third-order valence-corrected chi connectivity index (χ3v) is 7.74. The summed E-state index contributed by atoms with van der Waals surface area (Å²) in [5.41, 5.74) is 5.35. The number of hydrogen-bond acceptors (Lipinski definition) is 6. The highest BCUT2D eigenvalue weighted by Gasteiger charge is 2.64. The van der Waals surface area contributed by atoms with Crippen LogP contribution in [0.15, 0.2) is 24.3 Å². The molecular weight excluding hydrogens is 374 g/mol. The second-order valence-electron chi connectivity index (χ2n) is 6.74. The molecule has 9 nitrogen and oxygen atoms in total. The molecule has 1 spiro atoms. The molecule has 0 aromatic heterocycles. The first-order chi connectivity index (χ1) is 12.8. The van der Waals surface area contributed by atoms with Crippen molar-refractivity contribution >= 4 is 21.8 Å². The van der Waals surface area contributed by atoms with Crippen LogP contribution in [0.3, 0.4) is 0 Å². The van der Waals surface area contributed by atoms with Crippen LogP contribution in [-0.4, -0.2) is 69.1 Å². The Balaban J connectivity index is 1.45. The Morgan fingerprint density at radius 2 is 1.89 bits per heavy atom. The van der Waals surface area contributed by atoms with Gasteiger partial charge in [0.05, 0.1) is 25.3 Å². The molecule has 10 heteroatoms. The van der Waals surface area contributed by atoms with E-state index >= 15 is 0 Å². The highest BCUT2D eigenvalue weighted by Crippen LogP contribution is 2.44. The van der Waals surface area contributed by atoms with E-state index in [9.17, 15) is 18.0 Å². The lowest BCUT2D eigenvalue weighted by Crippen LogP contribution is -2.71. The van der Waals surface area contributed by atoms with Crippen LogP contribution >= 0.6 is 0 Å². The first-order valence-corrected chi connectivity index (χ1v) is 10.3. The lowest BCUT2D eigenvalue weighted by atomic mass is 9.83. The molecule has 2 saturated heterocycles. The molecule has 0 radical (unpaired) electrons. The molecule has 3 amide bonds. The van der Waals surface area contributed by atoms with Crippen molar-refractivity contribution < 1.29 is 27.5 Å². The number of primary amides is 1. The summed E-state index contributed by atoms with van der Waals surface area (Å²) in [5, 5.41) is 2.68. The summed E-state index contributed by atoms with van der Waals surface area (Å²) in [4.78, 5) is 25.1. The second-order valence-corrected chi connectivity index (χ2v) is 9.19. The lowest BCUT2D eigenvalue weighted by Gasteiger charge is -2.48. The number of hydrogen-bond donors (Lipinski definition) is 2. The van der Waals surface area contributed by atoms with Gasteiger partial charge in [0.25, 0.3) is 0 Å². The van der Waals surface area contributed by atoms with Gasteiger partial charge in [0.15, 0.2) is 9.84 Å². The monoisotopic (exact) mass is 397 g/mol. The van der Waals surface area contributed by atoms with Gasteiger partial charge < -0.3 is 25.4 Å². The second kappa shape index (κ2) is 7.26. The summed E-state index contributed by atoms with van der Waals surface area (Å²) in [7, 11) is -1.86. The molecule has 3 rings (SSSR count). The minimum absolute atomic E-state index is 0.00584. The molecule has 1 atom stereocenters. The number of methoxy groups -OCH3 is 1. The van der Waals surface area contributed by atoms with Crippen molar-refractivity contribution in [3.63, 3.8) is 0 Å². The highest BCUT2D eigenvalue weighted by atomic mass is 32.2. The summed E-state index contributed by atoms with van der Waals surface area (Å²) in [6.07, 6.45) is 0.225. The molecular formula is C17H23N3O6S. The summed E-state index contributed by atoms with van der Waals surface area (Å²) < 4.78 is 34.0. The van der Waals surface area contributed by atoms with Crippen molar-refractivity contribution in [3.05, 3.63) is 24.3 Å². The van der Waals surface area contributed by atoms with E-state index in [-0.39, 0.29) is 44.4 Å². The van der Waals surface area contributed by atoms with E-state index in [0.29, 0.717) is 5.75 Å². The van der Waals surface area contributed by atoms with Crippen molar-refractivity contribution in [1.82, 2.24) is 10.2 Å². The average Bonchev–Trinajstić information content (AvgIpc) is 2.89. The first kappa shape index (κ1) is 19.3. The molecule has 148 valence electrons. The molecule has 0 bridgehead atoms. The van der Waals surface area contributed by atoms with E-state index in [1.165, 1.54) is 4.90 Å². The fourth-order valence-corrected chi connectivity index (χ4v) is 5.95. The first-order valence-electron chi connectivity index (χ1n) is 8.60.